The van der Waals surface area contributed by atoms with Crippen molar-refractivity contribution in [3.05, 3.63) is 10.1 Å². The van der Waals surface area contributed by atoms with Gasteiger partial charge in [0.15, 0.2) is 0 Å². The molecule has 0 aliphatic heterocycles. The van der Waals surface area contributed by atoms with E-state index in [2.05, 4.69) is 0 Å². The maximum Gasteiger partial charge on any atom is 3.00 e. The van der Waals surface area contributed by atoms with Crippen molar-refractivity contribution >= 4 is 17.9 Å². The maximum atomic E-state index is 8.89. The number of rotatable bonds is 0. The fraction of sp³-hybridized carbons (Fsp3) is 0.500. The van der Waals surface area contributed by atoms with E-state index in [1.54, 1.807) is 0 Å². The predicted molar refractivity (Wildman–Crippen MR) is 40.8 cm³/mol. The van der Waals surface area contributed by atoms with Crippen LogP contribution in [0, 0.1) is 45.7 Å². The molecule has 0 aromatic heterocycles. The molecule has 1 N–H and O–H groups in total. The van der Waals surface area contributed by atoms with Crippen molar-refractivity contribution in [2.24, 2.45) is 0 Å². The first-order valence-corrected chi connectivity index (χ1v) is 3.29. The van der Waals surface area contributed by atoms with Gasteiger partial charge in [-0.25, -0.2) is 0 Å². The summed E-state index contributed by atoms with van der Waals surface area (Å²) < 4.78 is 0. The summed E-state index contributed by atoms with van der Waals surface area (Å²) in [6.45, 7) is 2.92. The van der Waals surface area contributed by atoms with E-state index < -0.39 is 23.0 Å². The fourth-order valence-corrected chi connectivity index (χ4v) is 0. The molecule has 0 aliphatic carbocycles. The third kappa shape index (κ3) is 1700. The molecule has 0 radical (unpaired) electrons. The molecule has 0 saturated heterocycles. The Balaban J connectivity index is -0.0000000369. The van der Waals surface area contributed by atoms with Crippen LogP contribution in [-0.4, -0.2) is 28.2 Å². The van der Waals surface area contributed by atoms with Gasteiger partial charge in [0.05, 0.1) is 0 Å². The SMILES string of the molecule is CC(=O)[O-].CC(=O)[O-].CC(=O)[O-].O=[N+]([O-])O.[La+3]. The average Bonchev–Trinajstić information content (AvgIpc) is 1.76. The average molecular weight is 379 g/mol. The minimum Gasteiger partial charge on any atom is -0.550 e. The molecule has 0 aliphatic rings. The number of hydrogen-bond acceptors (Lipinski definition) is 8. The number of carboxylic acid groups (broad SMARTS) is 3. The molecule has 11 heteroatoms. The van der Waals surface area contributed by atoms with Gasteiger partial charge < -0.3 is 34.9 Å². The Labute approximate surface area is 124 Å². The van der Waals surface area contributed by atoms with E-state index in [1.165, 1.54) is 0 Å². The topological polar surface area (TPSA) is 184 Å². The van der Waals surface area contributed by atoms with Crippen molar-refractivity contribution in [2.45, 2.75) is 20.8 Å². The number of hydrogen-bond donors (Lipinski definition) is 1. The first-order valence-electron chi connectivity index (χ1n) is 3.29. The van der Waals surface area contributed by atoms with Crippen LogP contribution in [0.3, 0.4) is 0 Å². The van der Waals surface area contributed by atoms with Gasteiger partial charge in [-0.1, -0.05) is 0 Å². The Hall–Kier alpha value is -1.20. The first kappa shape index (κ1) is 29.7. The Morgan fingerprint density at radius 2 is 0.882 bits per heavy atom. The van der Waals surface area contributed by atoms with Crippen molar-refractivity contribution in [1.82, 2.24) is 0 Å². The van der Waals surface area contributed by atoms with Gasteiger partial charge in [-0.3, -0.25) is 0 Å². The number of carboxylic acids is 3. The Bertz CT molecular complexity index is 166. The van der Waals surface area contributed by atoms with E-state index >= 15 is 0 Å². The Morgan fingerprint density at radius 1 is 0.882 bits per heavy atom. The van der Waals surface area contributed by atoms with Crippen LogP contribution >= 0.6 is 0 Å². The van der Waals surface area contributed by atoms with E-state index in [4.69, 9.17) is 45.0 Å². The molecule has 0 heterocycles. The summed E-state index contributed by atoms with van der Waals surface area (Å²) in [6.07, 6.45) is 0. The molecule has 96 valence electrons. The molecular weight excluding hydrogens is 369 g/mol. The van der Waals surface area contributed by atoms with Gasteiger partial charge >= 0.3 is 35.6 Å². The third-order valence-electron chi connectivity index (χ3n) is 0. The number of nitrogens with zero attached hydrogens (tertiary/aromatic N) is 1. The molecule has 0 fully saturated rings. The van der Waals surface area contributed by atoms with Gasteiger partial charge in [0.1, 0.15) is 0 Å². The summed E-state index contributed by atoms with van der Waals surface area (Å²) in [4.78, 5) is 35.0. The van der Waals surface area contributed by atoms with E-state index in [0.717, 1.165) is 20.8 Å². The summed E-state index contributed by atoms with van der Waals surface area (Å²) in [5.74, 6) is -3.25. The maximum absolute atomic E-state index is 8.89. The second kappa shape index (κ2) is 24.2. The molecule has 0 rings (SSSR count). The minimum absolute atomic E-state index is 0. The van der Waals surface area contributed by atoms with E-state index in [9.17, 15) is 0 Å². The van der Waals surface area contributed by atoms with E-state index in [-0.39, 0.29) is 35.6 Å². The summed E-state index contributed by atoms with van der Waals surface area (Å²) in [5.41, 5.74) is 0. The number of aliphatic carboxylic acids is 3. The zero-order valence-corrected chi connectivity index (χ0v) is 12.9. The van der Waals surface area contributed by atoms with Crippen LogP contribution in [0.1, 0.15) is 20.8 Å². The monoisotopic (exact) mass is 379 g/mol. The van der Waals surface area contributed by atoms with Crippen molar-refractivity contribution in [2.75, 3.05) is 0 Å². The second-order valence-corrected chi connectivity index (χ2v) is 1.71. The minimum atomic E-state index is -1.50. The zero-order valence-electron chi connectivity index (χ0n) is 9.24. The Morgan fingerprint density at radius 3 is 0.882 bits per heavy atom. The third-order valence-corrected chi connectivity index (χ3v) is 0. The largest absolute Gasteiger partial charge is 3.00 e. The van der Waals surface area contributed by atoms with E-state index in [1.807, 2.05) is 0 Å². The second-order valence-electron chi connectivity index (χ2n) is 1.71. The molecule has 0 unspecified atom stereocenters. The van der Waals surface area contributed by atoms with Crippen LogP contribution in [0.2, 0.25) is 0 Å². The van der Waals surface area contributed by atoms with Crippen LogP contribution in [0.5, 0.6) is 0 Å². The smallest absolute Gasteiger partial charge is 0.550 e. The van der Waals surface area contributed by atoms with Crippen molar-refractivity contribution in [3.63, 3.8) is 0 Å². The first-order chi connectivity index (χ1) is 6.93. The van der Waals surface area contributed by atoms with Crippen LogP contribution < -0.4 is 15.3 Å². The molecular formula is C6H10LaNO9. The van der Waals surface area contributed by atoms with Crippen LogP contribution in [-0.2, 0) is 14.4 Å². The molecule has 0 bridgehead atoms. The standard InChI is InChI=1S/3C2H4O2.La.HNO3/c3*1-2(3)4;;2-1(3)4/h3*1H3,(H,3,4);;(H,2,3,4)/q;;;+3;/p-3. The molecule has 17 heavy (non-hydrogen) atoms. The van der Waals surface area contributed by atoms with Gasteiger partial charge in [0.25, 0.3) is 5.09 Å². The van der Waals surface area contributed by atoms with Crippen LogP contribution in [0.15, 0.2) is 0 Å². The molecule has 10 nitrogen and oxygen atoms in total. The zero-order chi connectivity index (χ0) is 14.3. The Kier molecular flexibility index (Phi) is 42.2. The van der Waals surface area contributed by atoms with Gasteiger partial charge in [-0.05, 0) is 20.8 Å². The normalized spacial score (nSPS) is 5.82. The number of carbonyl (C=O) groups is 3. The summed E-state index contributed by atoms with van der Waals surface area (Å²) in [7, 11) is 0. The summed E-state index contributed by atoms with van der Waals surface area (Å²) >= 11 is 0. The number of carbonyl (C=O) groups excluding carboxylic acids is 3. The van der Waals surface area contributed by atoms with Gasteiger partial charge in [0, 0.05) is 17.9 Å². The quantitative estimate of drug-likeness (QED) is 0.323. The van der Waals surface area contributed by atoms with Crippen LogP contribution in [0.25, 0.3) is 0 Å². The molecule has 0 amide bonds. The van der Waals surface area contributed by atoms with Gasteiger partial charge in [-0.2, -0.15) is 0 Å². The summed E-state index contributed by atoms with van der Waals surface area (Å²) in [6, 6.07) is 0. The van der Waals surface area contributed by atoms with Crippen molar-refractivity contribution in [3.8, 4) is 0 Å². The molecule has 0 saturated carbocycles. The van der Waals surface area contributed by atoms with Crippen LogP contribution in [0.4, 0.5) is 0 Å². The van der Waals surface area contributed by atoms with Gasteiger partial charge in [0.2, 0.25) is 0 Å². The molecule has 0 atom stereocenters. The van der Waals surface area contributed by atoms with Crippen molar-refractivity contribution < 1.29 is 75.6 Å². The molecule has 0 aromatic carbocycles. The predicted octanol–water partition coefficient (Wildman–Crippen LogP) is -4.08. The van der Waals surface area contributed by atoms with Gasteiger partial charge in [-0.15, -0.1) is 10.1 Å². The molecule has 0 spiro atoms. The molecule has 0 aromatic rings. The summed E-state index contributed by atoms with van der Waals surface area (Å²) in [5, 5.41) is 40.3. The van der Waals surface area contributed by atoms with Crippen molar-refractivity contribution in [1.29, 1.82) is 0 Å². The van der Waals surface area contributed by atoms with E-state index in [0.29, 0.717) is 0 Å². The fourth-order valence-electron chi connectivity index (χ4n) is 0.